The van der Waals surface area contributed by atoms with E-state index in [9.17, 15) is 4.79 Å². The minimum Gasteiger partial charge on any atom is -0.463 e. The van der Waals surface area contributed by atoms with Crippen molar-refractivity contribution in [2.45, 2.75) is 104 Å². The summed E-state index contributed by atoms with van der Waals surface area (Å²) in [5.41, 5.74) is 1.33. The molecule has 0 spiro atoms. The third kappa shape index (κ3) is 16.6. The molecule has 0 aromatic carbocycles. The summed E-state index contributed by atoms with van der Waals surface area (Å²) in [6.45, 7) is 13.3. The maximum Gasteiger partial charge on any atom is 0.306 e. The highest BCUT2D eigenvalue weighted by atomic mass is 16.5. The highest BCUT2D eigenvalue weighted by Crippen LogP contribution is 2.29. The van der Waals surface area contributed by atoms with Crippen LogP contribution in [0.1, 0.15) is 97.8 Å². The van der Waals surface area contributed by atoms with E-state index < -0.39 is 0 Å². The minimum absolute atomic E-state index is 0.0132. The topological polar surface area (TPSA) is 26.3 Å². The van der Waals surface area contributed by atoms with Crippen molar-refractivity contribution in [3.05, 3.63) is 49.1 Å². The van der Waals surface area contributed by atoms with Crippen molar-refractivity contribution in [2.75, 3.05) is 0 Å². The number of carbonyl (C=O) groups is 1. The molecular weight excluding hydrogens is 344 g/mol. The van der Waals surface area contributed by atoms with Crippen LogP contribution in [0.25, 0.3) is 0 Å². The van der Waals surface area contributed by atoms with Gasteiger partial charge in [-0.25, -0.2) is 0 Å². The predicted octanol–water partition coefficient (Wildman–Crippen LogP) is 8.11. The average Bonchev–Trinajstić information content (AvgIpc) is 3.17. The van der Waals surface area contributed by atoms with E-state index in [-0.39, 0.29) is 12.1 Å². The zero-order chi connectivity index (χ0) is 21.0. The lowest BCUT2D eigenvalue weighted by molar-refractivity contribution is -0.147. The molecule has 1 aliphatic carbocycles. The Labute approximate surface area is 174 Å². The normalized spacial score (nSPS) is 14.8. The van der Waals surface area contributed by atoms with Gasteiger partial charge in [0.2, 0.25) is 0 Å². The van der Waals surface area contributed by atoms with E-state index in [2.05, 4.69) is 25.3 Å². The molecule has 0 saturated heterocycles. The third-order valence-corrected chi connectivity index (χ3v) is 5.00. The van der Waals surface area contributed by atoms with Gasteiger partial charge >= 0.3 is 5.97 Å². The molecule has 0 radical (unpaired) electrons. The summed E-state index contributed by atoms with van der Waals surface area (Å²) in [5.74, 6) is 0.970. The summed E-state index contributed by atoms with van der Waals surface area (Å²) in [5, 5.41) is 0. The standard InChI is InChI=1S/C16H26.C10H18O2/c1-3-10-15(4-2)11-6-5-7-12-16-13-8-9-14-16;1-4-5-6-7-8-10(11)12-9(2)3/h3-4,10,16H,1-2,5-9,11-14H2;4-5,9H,6-8H2,1-3H3/b15-10+;5-4-. The van der Waals surface area contributed by atoms with Crippen LogP contribution in [0.2, 0.25) is 0 Å². The van der Waals surface area contributed by atoms with Crippen molar-refractivity contribution in [1.29, 1.82) is 0 Å². The Kier molecular flexibility index (Phi) is 17.7. The van der Waals surface area contributed by atoms with Crippen molar-refractivity contribution < 1.29 is 9.53 Å². The molecule has 1 saturated carbocycles. The highest BCUT2D eigenvalue weighted by Gasteiger charge is 2.13. The lowest BCUT2D eigenvalue weighted by Crippen LogP contribution is -2.10. The molecule has 0 aromatic rings. The fraction of sp³-hybridized carbons (Fsp3) is 0.654. The van der Waals surface area contributed by atoms with E-state index in [1.165, 1.54) is 63.4 Å². The van der Waals surface area contributed by atoms with Gasteiger partial charge in [0.15, 0.2) is 0 Å². The Bertz CT molecular complexity index is 465. The van der Waals surface area contributed by atoms with E-state index in [4.69, 9.17) is 4.74 Å². The summed E-state index contributed by atoms with van der Waals surface area (Å²) < 4.78 is 4.97. The molecule has 0 bridgehead atoms. The Morgan fingerprint density at radius 3 is 2.36 bits per heavy atom. The molecule has 1 fully saturated rings. The molecule has 0 heterocycles. The van der Waals surface area contributed by atoms with Crippen molar-refractivity contribution in [1.82, 2.24) is 0 Å². The lowest BCUT2D eigenvalue weighted by Gasteiger charge is -2.08. The molecule has 160 valence electrons. The number of hydrogen-bond donors (Lipinski definition) is 0. The van der Waals surface area contributed by atoms with Crippen LogP contribution in [-0.2, 0) is 9.53 Å². The quantitative estimate of drug-likeness (QED) is 0.138. The Balaban J connectivity index is 0.000000546. The number of ether oxygens (including phenoxy) is 1. The first-order valence-electron chi connectivity index (χ1n) is 11.3. The second-order valence-corrected chi connectivity index (χ2v) is 7.93. The number of allylic oxidation sites excluding steroid dienone is 6. The van der Waals surface area contributed by atoms with Crippen molar-refractivity contribution in [3.8, 4) is 0 Å². The van der Waals surface area contributed by atoms with Crippen LogP contribution < -0.4 is 0 Å². The second-order valence-electron chi connectivity index (χ2n) is 7.93. The maximum absolute atomic E-state index is 11.0. The van der Waals surface area contributed by atoms with E-state index in [0.717, 1.165) is 18.8 Å². The van der Waals surface area contributed by atoms with Crippen LogP contribution in [0.15, 0.2) is 49.1 Å². The van der Waals surface area contributed by atoms with E-state index in [1.54, 1.807) is 0 Å². The second kappa shape index (κ2) is 18.8. The smallest absolute Gasteiger partial charge is 0.306 e. The average molecular weight is 389 g/mol. The zero-order valence-corrected chi connectivity index (χ0v) is 18.8. The summed E-state index contributed by atoms with van der Waals surface area (Å²) in [6.07, 6.45) is 25.0. The van der Waals surface area contributed by atoms with Gasteiger partial charge in [0.25, 0.3) is 0 Å². The van der Waals surface area contributed by atoms with E-state index >= 15 is 0 Å². The van der Waals surface area contributed by atoms with Gasteiger partial charge in [-0.3, -0.25) is 4.79 Å². The molecule has 1 aliphatic rings. The molecule has 28 heavy (non-hydrogen) atoms. The first-order chi connectivity index (χ1) is 13.5. The molecule has 2 heteroatoms. The maximum atomic E-state index is 11.0. The molecule has 2 nitrogen and oxygen atoms in total. The van der Waals surface area contributed by atoms with Gasteiger partial charge in [-0.15, -0.1) is 0 Å². The summed E-state index contributed by atoms with van der Waals surface area (Å²) in [4.78, 5) is 11.0. The number of rotatable bonds is 13. The van der Waals surface area contributed by atoms with Gasteiger partial charge in [0.1, 0.15) is 0 Å². The molecule has 0 aromatic heterocycles. The van der Waals surface area contributed by atoms with Gasteiger partial charge < -0.3 is 4.74 Å². The van der Waals surface area contributed by atoms with E-state index in [1.807, 2.05) is 39.0 Å². The Hall–Kier alpha value is -1.57. The van der Waals surface area contributed by atoms with Gasteiger partial charge in [-0.05, 0) is 57.9 Å². The predicted molar refractivity (Wildman–Crippen MR) is 123 cm³/mol. The summed E-state index contributed by atoms with van der Waals surface area (Å²) in [7, 11) is 0. The number of unbranched alkanes of at least 4 members (excludes halogenated alkanes) is 3. The number of esters is 1. The van der Waals surface area contributed by atoms with Crippen LogP contribution in [0.3, 0.4) is 0 Å². The third-order valence-electron chi connectivity index (χ3n) is 5.00. The Morgan fingerprint density at radius 2 is 1.79 bits per heavy atom. The molecular formula is C26H44O2. The zero-order valence-electron chi connectivity index (χ0n) is 18.8. The summed E-state index contributed by atoms with van der Waals surface area (Å²) >= 11 is 0. The van der Waals surface area contributed by atoms with Crippen molar-refractivity contribution in [3.63, 3.8) is 0 Å². The Morgan fingerprint density at radius 1 is 1.07 bits per heavy atom. The fourth-order valence-electron chi connectivity index (χ4n) is 3.50. The van der Waals surface area contributed by atoms with Crippen molar-refractivity contribution in [2.24, 2.45) is 5.92 Å². The number of hydrogen-bond acceptors (Lipinski definition) is 2. The molecule has 0 aliphatic heterocycles. The van der Waals surface area contributed by atoms with Gasteiger partial charge in [0, 0.05) is 6.42 Å². The first-order valence-corrected chi connectivity index (χ1v) is 11.3. The SMILES string of the molecule is C/C=C\CCCC(=O)OC(C)C.C=C/C=C(\C=C)CCCCCC1CCCC1. The highest BCUT2D eigenvalue weighted by molar-refractivity contribution is 5.69. The summed E-state index contributed by atoms with van der Waals surface area (Å²) in [6, 6.07) is 0. The van der Waals surface area contributed by atoms with Crippen LogP contribution in [0, 0.1) is 5.92 Å². The molecule has 0 N–H and O–H groups in total. The monoisotopic (exact) mass is 388 g/mol. The fourth-order valence-corrected chi connectivity index (χ4v) is 3.50. The van der Waals surface area contributed by atoms with Gasteiger partial charge in [-0.2, -0.15) is 0 Å². The molecule has 0 unspecified atom stereocenters. The van der Waals surface area contributed by atoms with Crippen molar-refractivity contribution >= 4 is 5.97 Å². The van der Waals surface area contributed by atoms with Crippen LogP contribution in [-0.4, -0.2) is 12.1 Å². The minimum atomic E-state index is -0.0884. The van der Waals surface area contributed by atoms with Gasteiger partial charge in [-0.1, -0.05) is 88.5 Å². The lowest BCUT2D eigenvalue weighted by atomic mass is 9.98. The van der Waals surface area contributed by atoms with E-state index in [0.29, 0.717) is 6.42 Å². The largest absolute Gasteiger partial charge is 0.463 e. The van der Waals surface area contributed by atoms with Gasteiger partial charge in [0.05, 0.1) is 6.10 Å². The van der Waals surface area contributed by atoms with Crippen LogP contribution in [0.5, 0.6) is 0 Å². The molecule has 1 rings (SSSR count). The van der Waals surface area contributed by atoms with Crippen LogP contribution >= 0.6 is 0 Å². The first kappa shape index (κ1) is 26.4. The number of carbonyl (C=O) groups excluding carboxylic acids is 1. The molecule has 0 atom stereocenters. The van der Waals surface area contributed by atoms with Crippen LogP contribution in [0.4, 0.5) is 0 Å². The molecule has 0 amide bonds.